The topological polar surface area (TPSA) is 72.7 Å². The number of rotatable bonds is 5. The lowest BCUT2D eigenvalue weighted by molar-refractivity contribution is 0.102. The van der Waals surface area contributed by atoms with Crippen molar-refractivity contribution in [3.8, 4) is 16.9 Å². The maximum Gasteiger partial charge on any atom is 0.261 e. The van der Waals surface area contributed by atoms with E-state index in [9.17, 15) is 9.18 Å². The Morgan fingerprint density at radius 1 is 1.17 bits per heavy atom. The number of carbonyl (C=O) groups is 1. The highest BCUT2D eigenvalue weighted by Gasteiger charge is 2.28. The van der Waals surface area contributed by atoms with Crippen molar-refractivity contribution in [1.29, 1.82) is 0 Å². The number of halogens is 1. The van der Waals surface area contributed by atoms with Crippen LogP contribution in [0.1, 0.15) is 39.7 Å². The highest BCUT2D eigenvalue weighted by Crippen LogP contribution is 2.42. The van der Waals surface area contributed by atoms with Gasteiger partial charge in [0.25, 0.3) is 5.91 Å². The van der Waals surface area contributed by atoms with Crippen molar-refractivity contribution in [2.75, 3.05) is 5.32 Å². The molecule has 6 nitrogen and oxygen atoms in total. The molecule has 1 saturated carbocycles. The van der Waals surface area contributed by atoms with Crippen molar-refractivity contribution in [2.45, 2.75) is 25.7 Å². The second-order valence-electron chi connectivity index (χ2n) is 7.36. The minimum Gasteiger partial charge on any atom is -0.296 e. The SMILES string of the molecule is Cc1cccc(-c2nn(-c3ccc(F)cc3)cc2C(=O)Nc2nnc(C3CC3)s2)c1. The summed E-state index contributed by atoms with van der Waals surface area (Å²) in [5, 5.41) is 17.2. The Balaban J connectivity index is 1.52. The molecule has 1 aliphatic rings. The number of aryl methyl sites for hydroxylation is 1. The Bertz CT molecular complexity index is 1230. The molecule has 2 aromatic heterocycles. The van der Waals surface area contributed by atoms with Gasteiger partial charge in [-0.15, -0.1) is 10.2 Å². The van der Waals surface area contributed by atoms with Gasteiger partial charge >= 0.3 is 0 Å². The van der Waals surface area contributed by atoms with E-state index in [1.54, 1.807) is 23.0 Å². The summed E-state index contributed by atoms with van der Waals surface area (Å²) in [5.74, 6) is -0.152. The van der Waals surface area contributed by atoms with Crippen molar-refractivity contribution in [3.63, 3.8) is 0 Å². The zero-order valence-electron chi connectivity index (χ0n) is 16.2. The Labute approximate surface area is 176 Å². The zero-order valence-corrected chi connectivity index (χ0v) is 17.0. The van der Waals surface area contributed by atoms with Crippen molar-refractivity contribution < 1.29 is 9.18 Å². The third-order valence-corrected chi connectivity index (χ3v) is 5.93. The summed E-state index contributed by atoms with van der Waals surface area (Å²) in [6.45, 7) is 1.99. The summed E-state index contributed by atoms with van der Waals surface area (Å²) in [7, 11) is 0. The molecule has 4 aromatic rings. The molecule has 5 rings (SSSR count). The molecule has 2 aromatic carbocycles. The molecule has 1 fully saturated rings. The summed E-state index contributed by atoms with van der Waals surface area (Å²) >= 11 is 1.41. The number of hydrogen-bond acceptors (Lipinski definition) is 5. The van der Waals surface area contributed by atoms with E-state index >= 15 is 0 Å². The number of carbonyl (C=O) groups excluding carboxylic acids is 1. The molecule has 0 saturated heterocycles. The van der Waals surface area contributed by atoms with Crippen molar-refractivity contribution in [1.82, 2.24) is 20.0 Å². The molecule has 8 heteroatoms. The van der Waals surface area contributed by atoms with Gasteiger partial charge in [0, 0.05) is 17.7 Å². The van der Waals surface area contributed by atoms with Crippen LogP contribution >= 0.6 is 11.3 Å². The third kappa shape index (κ3) is 3.73. The van der Waals surface area contributed by atoms with E-state index in [-0.39, 0.29) is 11.7 Å². The van der Waals surface area contributed by atoms with Crippen molar-refractivity contribution >= 4 is 22.4 Å². The van der Waals surface area contributed by atoms with Gasteiger partial charge in [0.05, 0.1) is 11.3 Å². The number of anilines is 1. The fraction of sp³-hybridized carbons (Fsp3) is 0.182. The standard InChI is InChI=1S/C22H18FN5OS/c1-13-3-2-4-15(11-13)19-18(12-28(27-19)17-9-7-16(23)8-10-17)20(29)24-22-26-25-21(30-22)14-5-6-14/h2-4,7-12,14H,5-6H2,1H3,(H,24,26,29). The first kappa shape index (κ1) is 18.6. The number of nitrogens with zero attached hydrogens (tertiary/aromatic N) is 4. The summed E-state index contributed by atoms with van der Waals surface area (Å²) in [5.41, 5.74) is 3.52. The molecular formula is C22H18FN5OS. The van der Waals surface area contributed by atoms with Crippen LogP contribution in [0, 0.1) is 12.7 Å². The van der Waals surface area contributed by atoms with Crippen LogP contribution in [0.4, 0.5) is 9.52 Å². The van der Waals surface area contributed by atoms with E-state index in [2.05, 4.69) is 20.6 Å². The van der Waals surface area contributed by atoms with Gasteiger partial charge in [-0.05, 0) is 50.1 Å². The van der Waals surface area contributed by atoms with E-state index in [4.69, 9.17) is 0 Å². The molecule has 30 heavy (non-hydrogen) atoms. The normalized spacial score (nSPS) is 13.4. The van der Waals surface area contributed by atoms with Gasteiger partial charge in [0.15, 0.2) is 0 Å². The van der Waals surface area contributed by atoms with Crippen LogP contribution in [-0.4, -0.2) is 25.9 Å². The molecule has 0 aliphatic heterocycles. The average molecular weight is 419 g/mol. The summed E-state index contributed by atoms with van der Waals surface area (Å²) < 4.78 is 14.9. The minimum absolute atomic E-state index is 0.307. The molecule has 1 aliphatic carbocycles. The smallest absolute Gasteiger partial charge is 0.261 e. The number of aromatic nitrogens is 4. The first-order valence-electron chi connectivity index (χ1n) is 9.64. The first-order valence-corrected chi connectivity index (χ1v) is 10.5. The molecule has 0 radical (unpaired) electrons. The Morgan fingerprint density at radius 2 is 1.97 bits per heavy atom. The van der Waals surface area contributed by atoms with E-state index < -0.39 is 0 Å². The summed E-state index contributed by atoms with van der Waals surface area (Å²) in [6, 6.07) is 13.8. The van der Waals surface area contributed by atoms with Gasteiger partial charge in [-0.2, -0.15) is 5.10 Å². The third-order valence-electron chi connectivity index (χ3n) is 4.93. The fourth-order valence-electron chi connectivity index (χ4n) is 3.22. The number of nitrogens with one attached hydrogen (secondary N) is 1. The minimum atomic E-state index is -0.328. The van der Waals surface area contributed by atoms with Gasteiger partial charge in [-0.3, -0.25) is 10.1 Å². The molecule has 0 spiro atoms. The molecule has 0 atom stereocenters. The van der Waals surface area contributed by atoms with Gasteiger partial charge < -0.3 is 0 Å². The van der Waals surface area contributed by atoms with Crippen LogP contribution in [-0.2, 0) is 0 Å². The Kier molecular flexibility index (Phi) is 4.63. The van der Waals surface area contributed by atoms with Crippen LogP contribution in [0.15, 0.2) is 54.7 Å². The fourth-order valence-corrected chi connectivity index (χ4v) is 4.12. The molecule has 0 unspecified atom stereocenters. The van der Waals surface area contributed by atoms with Crippen LogP contribution in [0.2, 0.25) is 0 Å². The van der Waals surface area contributed by atoms with E-state index in [0.29, 0.717) is 28.0 Å². The monoisotopic (exact) mass is 419 g/mol. The maximum atomic E-state index is 13.3. The van der Waals surface area contributed by atoms with Gasteiger partial charge in [0.2, 0.25) is 5.13 Å². The first-order chi connectivity index (χ1) is 14.6. The lowest BCUT2D eigenvalue weighted by Crippen LogP contribution is -2.12. The zero-order chi connectivity index (χ0) is 20.7. The van der Waals surface area contributed by atoms with Gasteiger partial charge in [0.1, 0.15) is 16.5 Å². The largest absolute Gasteiger partial charge is 0.296 e. The molecule has 1 N–H and O–H groups in total. The van der Waals surface area contributed by atoms with Gasteiger partial charge in [-0.25, -0.2) is 9.07 Å². The Morgan fingerprint density at radius 3 is 2.70 bits per heavy atom. The van der Waals surface area contributed by atoms with Crippen LogP contribution in [0.3, 0.4) is 0 Å². The quantitative estimate of drug-likeness (QED) is 0.496. The second-order valence-corrected chi connectivity index (χ2v) is 8.36. The number of hydrogen-bond donors (Lipinski definition) is 1. The van der Waals surface area contributed by atoms with Crippen LogP contribution < -0.4 is 5.32 Å². The maximum absolute atomic E-state index is 13.3. The lowest BCUT2D eigenvalue weighted by atomic mass is 10.1. The predicted molar refractivity (Wildman–Crippen MR) is 114 cm³/mol. The molecule has 1 amide bonds. The highest BCUT2D eigenvalue weighted by molar-refractivity contribution is 7.15. The van der Waals surface area contributed by atoms with Crippen molar-refractivity contribution in [3.05, 3.63) is 76.7 Å². The van der Waals surface area contributed by atoms with Crippen LogP contribution in [0.5, 0.6) is 0 Å². The van der Waals surface area contributed by atoms with Gasteiger partial charge in [-0.1, -0.05) is 35.1 Å². The van der Waals surface area contributed by atoms with E-state index in [1.165, 1.54) is 23.5 Å². The second kappa shape index (κ2) is 7.46. The summed E-state index contributed by atoms with van der Waals surface area (Å²) in [6.07, 6.45) is 3.91. The highest BCUT2D eigenvalue weighted by atomic mass is 32.1. The lowest BCUT2D eigenvalue weighted by Gasteiger charge is -2.03. The number of amides is 1. The van der Waals surface area contributed by atoms with E-state index in [1.807, 2.05) is 31.2 Å². The average Bonchev–Trinajstić information content (AvgIpc) is 3.31. The Hall–Kier alpha value is -3.39. The van der Waals surface area contributed by atoms with Crippen LogP contribution in [0.25, 0.3) is 16.9 Å². The van der Waals surface area contributed by atoms with Crippen molar-refractivity contribution in [2.24, 2.45) is 0 Å². The molecule has 2 heterocycles. The predicted octanol–water partition coefficient (Wildman–Crippen LogP) is 4.97. The molecular weight excluding hydrogens is 401 g/mol. The molecule has 0 bridgehead atoms. The molecule has 150 valence electrons. The van der Waals surface area contributed by atoms with E-state index in [0.717, 1.165) is 29.0 Å². The number of benzene rings is 2. The summed E-state index contributed by atoms with van der Waals surface area (Å²) in [4.78, 5) is 13.1.